The van der Waals surface area contributed by atoms with Gasteiger partial charge in [-0.15, -0.1) is 0 Å². The normalized spacial score (nSPS) is 18.4. The molecule has 0 atom stereocenters. The van der Waals surface area contributed by atoms with Gasteiger partial charge in [-0.2, -0.15) is 4.31 Å². The zero-order valence-electron chi connectivity index (χ0n) is 15.2. The van der Waals surface area contributed by atoms with E-state index in [1.54, 1.807) is 0 Å². The highest BCUT2D eigenvalue weighted by Crippen LogP contribution is 2.30. The molecule has 1 saturated heterocycles. The van der Waals surface area contributed by atoms with E-state index in [2.05, 4.69) is 11.0 Å². The molecule has 27 heavy (non-hydrogen) atoms. The Kier molecular flexibility index (Phi) is 5.33. The van der Waals surface area contributed by atoms with Gasteiger partial charge >= 0.3 is 0 Å². The van der Waals surface area contributed by atoms with Crippen LogP contribution in [0.4, 0.5) is 5.69 Å². The number of sulfonamides is 1. The van der Waals surface area contributed by atoms with E-state index in [9.17, 15) is 8.42 Å². The van der Waals surface area contributed by atoms with Crippen molar-refractivity contribution in [1.82, 2.24) is 4.31 Å². The summed E-state index contributed by atoms with van der Waals surface area (Å²) in [6, 6.07) is 15.3. The van der Waals surface area contributed by atoms with Gasteiger partial charge in [0, 0.05) is 37.4 Å². The molecule has 0 unspecified atom stereocenters. The van der Waals surface area contributed by atoms with Gasteiger partial charge in [-0.3, -0.25) is 0 Å². The average molecular weight is 388 g/mol. The lowest BCUT2D eigenvalue weighted by atomic mass is 10.1. The van der Waals surface area contributed by atoms with Gasteiger partial charge in [0.05, 0.1) is 19.0 Å². The predicted octanol–water partition coefficient (Wildman–Crippen LogP) is 2.25. The molecule has 0 bridgehead atoms. The molecule has 0 spiro atoms. The summed E-state index contributed by atoms with van der Waals surface area (Å²) in [6.07, 6.45) is 0. The van der Waals surface area contributed by atoms with E-state index in [4.69, 9.17) is 9.47 Å². The Bertz CT molecular complexity index is 880. The minimum Gasteiger partial charge on any atom is -0.492 e. The largest absolute Gasteiger partial charge is 0.492 e. The SMILES string of the molecule is O=S(=O)(Cc1ccccc1)N1CCOc2ccc(N3CCOCC3)cc2C1. The van der Waals surface area contributed by atoms with Gasteiger partial charge in [0.25, 0.3) is 0 Å². The van der Waals surface area contributed by atoms with Crippen LogP contribution in [0, 0.1) is 0 Å². The van der Waals surface area contributed by atoms with Crippen molar-refractivity contribution in [2.75, 3.05) is 44.4 Å². The average Bonchev–Trinajstić information content (AvgIpc) is 2.91. The Balaban J connectivity index is 1.56. The van der Waals surface area contributed by atoms with Crippen LogP contribution in [-0.2, 0) is 27.1 Å². The van der Waals surface area contributed by atoms with Gasteiger partial charge in [0.15, 0.2) is 0 Å². The van der Waals surface area contributed by atoms with Crippen molar-refractivity contribution in [2.24, 2.45) is 0 Å². The summed E-state index contributed by atoms with van der Waals surface area (Å²) < 4.78 is 38.7. The summed E-state index contributed by atoms with van der Waals surface area (Å²) in [4.78, 5) is 2.26. The molecule has 2 aromatic rings. The number of morpholine rings is 1. The maximum Gasteiger partial charge on any atom is 0.218 e. The van der Waals surface area contributed by atoms with Gasteiger partial charge in [0.1, 0.15) is 12.4 Å². The van der Waals surface area contributed by atoms with Crippen LogP contribution in [0.25, 0.3) is 0 Å². The van der Waals surface area contributed by atoms with E-state index in [0.717, 1.165) is 35.7 Å². The molecule has 6 nitrogen and oxygen atoms in total. The van der Waals surface area contributed by atoms with Crippen molar-refractivity contribution in [3.63, 3.8) is 0 Å². The predicted molar refractivity (Wildman–Crippen MR) is 104 cm³/mol. The third kappa shape index (κ3) is 4.26. The highest BCUT2D eigenvalue weighted by Gasteiger charge is 2.27. The van der Waals surface area contributed by atoms with Crippen molar-refractivity contribution in [1.29, 1.82) is 0 Å². The molecule has 7 heteroatoms. The van der Waals surface area contributed by atoms with Gasteiger partial charge in [0.2, 0.25) is 10.0 Å². The second kappa shape index (κ2) is 7.88. The molecule has 0 aromatic heterocycles. The molecule has 0 N–H and O–H groups in total. The fourth-order valence-corrected chi connectivity index (χ4v) is 4.97. The standard InChI is InChI=1S/C20H24N2O4S/c23-27(24,16-17-4-2-1-3-5-17)22-10-13-26-20-7-6-19(14-18(20)15-22)21-8-11-25-12-9-21/h1-7,14H,8-13,15-16H2. The lowest BCUT2D eigenvalue weighted by Crippen LogP contribution is -2.36. The first kappa shape index (κ1) is 18.3. The number of nitrogens with zero attached hydrogens (tertiary/aromatic N) is 2. The lowest BCUT2D eigenvalue weighted by Gasteiger charge is -2.29. The van der Waals surface area contributed by atoms with Crippen molar-refractivity contribution >= 4 is 15.7 Å². The first-order valence-electron chi connectivity index (χ1n) is 9.22. The maximum atomic E-state index is 12.9. The highest BCUT2D eigenvalue weighted by atomic mass is 32.2. The number of fused-ring (bicyclic) bond motifs is 1. The third-order valence-electron chi connectivity index (χ3n) is 4.95. The lowest BCUT2D eigenvalue weighted by molar-refractivity contribution is 0.122. The molecule has 2 heterocycles. The molecule has 0 radical (unpaired) electrons. The quantitative estimate of drug-likeness (QED) is 0.804. The van der Waals surface area contributed by atoms with E-state index in [0.29, 0.717) is 32.9 Å². The molecule has 144 valence electrons. The van der Waals surface area contributed by atoms with Crippen LogP contribution < -0.4 is 9.64 Å². The molecule has 0 aliphatic carbocycles. The molecule has 4 rings (SSSR count). The van der Waals surface area contributed by atoms with Gasteiger partial charge < -0.3 is 14.4 Å². The minimum absolute atomic E-state index is 0.00628. The fraction of sp³-hybridized carbons (Fsp3) is 0.400. The minimum atomic E-state index is -3.42. The molecule has 2 aromatic carbocycles. The Morgan fingerprint density at radius 3 is 2.48 bits per heavy atom. The van der Waals surface area contributed by atoms with E-state index in [1.807, 2.05) is 42.5 Å². The number of hydrogen-bond acceptors (Lipinski definition) is 5. The molecular weight excluding hydrogens is 364 g/mol. The van der Waals surface area contributed by atoms with Crippen LogP contribution in [0.2, 0.25) is 0 Å². The number of benzene rings is 2. The summed E-state index contributed by atoms with van der Waals surface area (Å²) in [7, 11) is -3.42. The second-order valence-electron chi connectivity index (χ2n) is 6.82. The smallest absolute Gasteiger partial charge is 0.218 e. The van der Waals surface area contributed by atoms with E-state index < -0.39 is 10.0 Å². The van der Waals surface area contributed by atoms with Gasteiger partial charge in [-0.1, -0.05) is 30.3 Å². The van der Waals surface area contributed by atoms with Crippen LogP contribution in [0.15, 0.2) is 48.5 Å². The number of ether oxygens (including phenoxy) is 2. The third-order valence-corrected chi connectivity index (χ3v) is 6.75. The van der Waals surface area contributed by atoms with Gasteiger partial charge in [-0.05, 0) is 23.8 Å². The van der Waals surface area contributed by atoms with E-state index >= 15 is 0 Å². The molecule has 0 saturated carbocycles. The summed E-state index contributed by atoms with van der Waals surface area (Å²) in [5, 5.41) is 0. The molecule has 1 fully saturated rings. The summed E-state index contributed by atoms with van der Waals surface area (Å²) in [5.41, 5.74) is 2.79. The van der Waals surface area contributed by atoms with Crippen LogP contribution in [0.1, 0.15) is 11.1 Å². The fourth-order valence-electron chi connectivity index (χ4n) is 3.49. The molecular formula is C20H24N2O4S. The van der Waals surface area contributed by atoms with E-state index in [-0.39, 0.29) is 5.75 Å². The van der Waals surface area contributed by atoms with Crippen molar-refractivity contribution < 1.29 is 17.9 Å². The topological polar surface area (TPSA) is 59.1 Å². The second-order valence-corrected chi connectivity index (χ2v) is 8.78. The zero-order chi connectivity index (χ0) is 18.7. The zero-order valence-corrected chi connectivity index (χ0v) is 16.0. The van der Waals surface area contributed by atoms with E-state index in [1.165, 1.54) is 4.31 Å². The van der Waals surface area contributed by atoms with Crippen molar-refractivity contribution in [3.05, 3.63) is 59.7 Å². The number of rotatable bonds is 4. The summed E-state index contributed by atoms with van der Waals surface area (Å²) in [6.45, 7) is 4.17. The maximum absolute atomic E-state index is 12.9. The first-order chi connectivity index (χ1) is 13.1. The Hall–Kier alpha value is -2.09. The summed E-state index contributed by atoms with van der Waals surface area (Å²) >= 11 is 0. The summed E-state index contributed by atoms with van der Waals surface area (Å²) in [5.74, 6) is 0.774. The first-order valence-corrected chi connectivity index (χ1v) is 10.8. The Morgan fingerprint density at radius 1 is 0.926 bits per heavy atom. The molecule has 0 amide bonds. The molecule has 2 aliphatic rings. The molecule has 2 aliphatic heterocycles. The van der Waals surface area contributed by atoms with Crippen molar-refractivity contribution in [2.45, 2.75) is 12.3 Å². The van der Waals surface area contributed by atoms with Crippen LogP contribution in [0.5, 0.6) is 5.75 Å². The monoisotopic (exact) mass is 388 g/mol. The van der Waals surface area contributed by atoms with Crippen molar-refractivity contribution in [3.8, 4) is 5.75 Å². The Morgan fingerprint density at radius 2 is 1.70 bits per heavy atom. The van der Waals surface area contributed by atoms with Crippen LogP contribution in [0.3, 0.4) is 0 Å². The van der Waals surface area contributed by atoms with Crippen LogP contribution in [-0.4, -0.2) is 52.2 Å². The van der Waals surface area contributed by atoms with Gasteiger partial charge in [-0.25, -0.2) is 8.42 Å². The highest BCUT2D eigenvalue weighted by molar-refractivity contribution is 7.88. The number of anilines is 1. The van der Waals surface area contributed by atoms with Crippen LogP contribution >= 0.6 is 0 Å². The number of hydrogen-bond donors (Lipinski definition) is 0. The Labute approximate surface area is 160 Å².